The average Bonchev–Trinajstić information content (AvgIpc) is 1.77. The van der Waals surface area contributed by atoms with Crippen LogP contribution in [0.2, 0.25) is 0 Å². The van der Waals surface area contributed by atoms with Gasteiger partial charge < -0.3 is 5.73 Å². The van der Waals surface area contributed by atoms with Crippen LogP contribution < -0.4 is 5.73 Å². The third kappa shape index (κ3) is 1.54. The summed E-state index contributed by atoms with van der Waals surface area (Å²) in [4.78, 5) is 0. The second-order valence-electron chi connectivity index (χ2n) is 1.33. The Labute approximate surface area is 71.9 Å². The molecule has 0 atom stereocenters. The maximum atomic E-state index is 5.55. The molecule has 0 fully saturated rings. The van der Waals surface area contributed by atoms with Crippen LogP contribution in [0.3, 0.4) is 0 Å². The van der Waals surface area contributed by atoms with Crippen LogP contribution in [0.15, 0.2) is 19.4 Å². The zero-order valence-electron chi connectivity index (χ0n) is 4.07. The van der Waals surface area contributed by atoms with Crippen molar-refractivity contribution in [1.29, 1.82) is 0 Å². The Balaban J connectivity index is 2.97. The Morgan fingerprint density at radius 1 is 1.62 bits per heavy atom. The molecule has 1 aliphatic rings. The van der Waals surface area contributed by atoms with E-state index in [2.05, 4.69) is 30.7 Å². The molecule has 0 aromatic heterocycles. The number of hydrogen-bond acceptors (Lipinski definition) is 1. The van der Waals surface area contributed by atoms with Crippen LogP contribution in [0.5, 0.6) is 0 Å². The number of hydrogen-bond donors (Lipinski definition) is 1. The van der Waals surface area contributed by atoms with Gasteiger partial charge in [-0.05, 0) is 36.8 Å². The molecule has 2 N–H and O–H groups in total. The van der Waals surface area contributed by atoms with Crippen molar-refractivity contribution in [1.82, 2.24) is 0 Å². The molecule has 0 saturated carbocycles. The van der Waals surface area contributed by atoms with E-state index in [1.165, 1.54) is 3.58 Å². The summed E-state index contributed by atoms with van der Waals surface area (Å²) < 4.78 is 5.60. The molecule has 1 heterocycles. The molecular weight excluding hydrogens is 328 g/mol. The van der Waals surface area contributed by atoms with Gasteiger partial charge in [-0.25, -0.2) is 0 Å². The lowest BCUT2D eigenvalue weighted by atomic mass is 10.4. The van der Waals surface area contributed by atoms with E-state index in [0.29, 0.717) is 0 Å². The van der Waals surface area contributed by atoms with Crippen molar-refractivity contribution in [3.8, 4) is 0 Å². The quantitative estimate of drug-likeness (QED) is 0.674. The smallest absolute Gasteiger partial charge is 0.0458 e. The SMILES string of the molecule is NC1=C(I)C=IC=C1. The van der Waals surface area contributed by atoms with Crippen LogP contribution in [-0.2, 0) is 0 Å². The summed E-state index contributed by atoms with van der Waals surface area (Å²) in [6.45, 7) is 0. The number of rotatable bonds is 0. The summed E-state index contributed by atoms with van der Waals surface area (Å²) in [5.74, 6) is 0. The lowest BCUT2D eigenvalue weighted by Gasteiger charge is -1.96. The molecule has 8 heavy (non-hydrogen) atoms. The van der Waals surface area contributed by atoms with Crippen molar-refractivity contribution in [3.63, 3.8) is 0 Å². The standard InChI is InChI=1S/C5H5I2N/c6-4-3-7-2-1-5(4)8/h1-3H,8H2. The third-order valence-corrected chi connectivity index (χ3v) is 4.63. The first-order chi connectivity index (χ1) is 3.80. The lowest BCUT2D eigenvalue weighted by molar-refractivity contribution is 1.44. The Morgan fingerprint density at radius 3 is 2.75 bits per heavy atom. The van der Waals surface area contributed by atoms with Crippen molar-refractivity contribution in [2.75, 3.05) is 0 Å². The van der Waals surface area contributed by atoms with E-state index in [0.717, 1.165) is 5.70 Å². The fourth-order valence-electron chi connectivity index (χ4n) is 0.339. The normalized spacial score (nSPS) is 18.6. The van der Waals surface area contributed by atoms with E-state index in [4.69, 9.17) is 5.73 Å². The number of allylic oxidation sites excluding steroid dienone is 2. The molecule has 0 amide bonds. The van der Waals surface area contributed by atoms with Crippen molar-refractivity contribution in [2.24, 2.45) is 5.73 Å². The van der Waals surface area contributed by atoms with Gasteiger partial charge >= 0.3 is 0 Å². The van der Waals surface area contributed by atoms with Crippen molar-refractivity contribution in [2.45, 2.75) is 0 Å². The topological polar surface area (TPSA) is 26.0 Å². The van der Waals surface area contributed by atoms with Gasteiger partial charge in [0.15, 0.2) is 0 Å². The summed E-state index contributed by atoms with van der Waals surface area (Å²) in [6, 6.07) is 0. The summed E-state index contributed by atoms with van der Waals surface area (Å²) in [6.07, 6.45) is 2.00. The van der Waals surface area contributed by atoms with Gasteiger partial charge in [-0.2, -0.15) is 0 Å². The van der Waals surface area contributed by atoms with Gasteiger partial charge in [0.05, 0.1) is 0 Å². The van der Waals surface area contributed by atoms with Gasteiger partial charge in [0, 0.05) is 9.28 Å². The second-order valence-corrected chi connectivity index (χ2v) is 4.55. The highest BCUT2D eigenvalue weighted by molar-refractivity contribution is 14.2. The summed E-state index contributed by atoms with van der Waals surface area (Å²) in [5.41, 5.74) is 6.46. The molecule has 1 nitrogen and oxygen atoms in total. The van der Waals surface area contributed by atoms with Gasteiger partial charge in [0.1, 0.15) is 0 Å². The molecule has 0 aliphatic carbocycles. The predicted octanol–water partition coefficient (Wildman–Crippen LogP) is 1.89. The maximum Gasteiger partial charge on any atom is 0.0458 e. The fourth-order valence-corrected chi connectivity index (χ4v) is 2.91. The first-order valence-electron chi connectivity index (χ1n) is 2.07. The first-order valence-corrected chi connectivity index (χ1v) is 5.64. The molecule has 1 rings (SSSR count). The number of halogens is 2. The zero-order valence-corrected chi connectivity index (χ0v) is 8.38. The summed E-state index contributed by atoms with van der Waals surface area (Å²) in [5, 5.41) is 0. The Kier molecular flexibility index (Phi) is 2.48. The zero-order chi connectivity index (χ0) is 5.98. The highest BCUT2D eigenvalue weighted by Crippen LogP contribution is 2.17. The Hall–Kier alpha value is 0.610. The van der Waals surface area contributed by atoms with Crippen LogP contribution in [-0.4, -0.2) is 4.01 Å². The minimum Gasteiger partial charge on any atom is -0.398 e. The van der Waals surface area contributed by atoms with Gasteiger partial charge in [-0.15, -0.1) is 0 Å². The van der Waals surface area contributed by atoms with Gasteiger partial charge in [0.25, 0.3) is 0 Å². The molecule has 0 saturated heterocycles. The van der Waals surface area contributed by atoms with Gasteiger partial charge in [0.2, 0.25) is 0 Å². The van der Waals surface area contributed by atoms with Gasteiger partial charge in [-0.3, -0.25) is 0 Å². The fraction of sp³-hybridized carbons (Fsp3) is 0. The summed E-state index contributed by atoms with van der Waals surface area (Å²) >= 11 is 2.45. The Morgan fingerprint density at radius 2 is 2.38 bits per heavy atom. The predicted molar refractivity (Wildman–Crippen MR) is 54.5 cm³/mol. The molecule has 1 aliphatic heterocycles. The largest absolute Gasteiger partial charge is 0.398 e. The van der Waals surface area contributed by atoms with E-state index in [1.54, 1.807) is 0 Å². The average molecular weight is 333 g/mol. The van der Waals surface area contributed by atoms with Crippen LogP contribution in [0.25, 0.3) is 0 Å². The molecule has 3 heteroatoms. The van der Waals surface area contributed by atoms with E-state index >= 15 is 0 Å². The monoisotopic (exact) mass is 333 g/mol. The van der Waals surface area contributed by atoms with Crippen molar-refractivity contribution >= 4 is 47.3 Å². The molecule has 0 aromatic rings. The van der Waals surface area contributed by atoms with Crippen molar-refractivity contribution < 1.29 is 0 Å². The first kappa shape index (κ1) is 6.73. The third-order valence-electron chi connectivity index (χ3n) is 0.750. The van der Waals surface area contributed by atoms with Gasteiger partial charge in [-0.1, -0.05) is 20.7 Å². The van der Waals surface area contributed by atoms with E-state index in [9.17, 15) is 0 Å². The maximum absolute atomic E-state index is 5.55. The minimum absolute atomic E-state index is 0.196. The highest BCUT2D eigenvalue weighted by Gasteiger charge is 1.92. The van der Waals surface area contributed by atoms with E-state index < -0.39 is 0 Å². The van der Waals surface area contributed by atoms with Crippen molar-refractivity contribution in [3.05, 3.63) is 19.4 Å². The molecule has 0 unspecified atom stereocenters. The molecule has 0 spiro atoms. The van der Waals surface area contributed by atoms with E-state index in [-0.39, 0.29) is 20.7 Å². The molecule has 0 bridgehead atoms. The van der Waals surface area contributed by atoms with E-state index in [1.807, 2.05) is 6.08 Å². The minimum atomic E-state index is 0.196. The van der Waals surface area contributed by atoms with Crippen LogP contribution in [0.4, 0.5) is 0 Å². The van der Waals surface area contributed by atoms with Crippen LogP contribution in [0.1, 0.15) is 0 Å². The highest BCUT2D eigenvalue weighted by atomic mass is 127. The van der Waals surface area contributed by atoms with Crippen LogP contribution >= 0.6 is 43.3 Å². The molecular formula is C5H5I2N. The molecule has 0 aromatic carbocycles. The molecule has 0 radical (unpaired) electrons. The van der Waals surface area contributed by atoms with Crippen LogP contribution in [0, 0.1) is 0 Å². The second kappa shape index (κ2) is 2.95. The molecule has 44 valence electrons. The number of nitrogens with two attached hydrogens (primary N) is 1. The Bertz CT molecular complexity index is 159. The summed E-state index contributed by atoms with van der Waals surface area (Å²) in [7, 11) is 0. The lowest BCUT2D eigenvalue weighted by Crippen LogP contribution is -1.96.